The molecule has 0 saturated heterocycles. The van der Waals surface area contributed by atoms with Crippen LogP contribution >= 0.6 is 38.6 Å². The normalized spacial score (nSPS) is 11.9. The Morgan fingerprint density at radius 3 is 2.70 bits per heavy atom. The van der Waals surface area contributed by atoms with Crippen LogP contribution in [0.25, 0.3) is 0 Å². The summed E-state index contributed by atoms with van der Waals surface area (Å²) in [5.74, 6) is 0. The van der Waals surface area contributed by atoms with Gasteiger partial charge in [0.1, 0.15) is 0 Å². The maximum atomic E-state index is 12.3. The van der Waals surface area contributed by atoms with Crippen molar-refractivity contribution >= 4 is 48.6 Å². The fourth-order valence-corrected chi connectivity index (χ4v) is 5.56. The number of halogens is 1. The number of sulfonamides is 1. The summed E-state index contributed by atoms with van der Waals surface area (Å²) in [6, 6.07) is 5.48. The second-order valence-electron chi connectivity index (χ2n) is 4.02. The molecule has 0 aliphatic heterocycles. The maximum Gasteiger partial charge on any atom is 0.242 e. The standard InChI is InChI=1S/C12H15BrN2O2S3/c1-2-14-8-10-11(5-6-18-10)20(16,17)15-7-9-3-4-12(13)19-9/h3-6,14-15H,2,7-8H2,1H3. The first-order valence-electron chi connectivity index (χ1n) is 6.04. The van der Waals surface area contributed by atoms with Gasteiger partial charge in [-0.15, -0.1) is 22.7 Å². The molecule has 4 nitrogen and oxygen atoms in total. The zero-order chi connectivity index (χ0) is 14.6. The molecule has 2 N–H and O–H groups in total. The third-order valence-corrected chi connectivity index (χ3v) is 6.75. The third-order valence-electron chi connectivity index (χ3n) is 2.59. The van der Waals surface area contributed by atoms with E-state index in [2.05, 4.69) is 26.0 Å². The number of rotatable bonds is 7. The van der Waals surface area contributed by atoms with E-state index in [4.69, 9.17) is 0 Å². The van der Waals surface area contributed by atoms with Crippen LogP contribution in [0, 0.1) is 0 Å². The molecule has 0 aromatic carbocycles. The van der Waals surface area contributed by atoms with Crippen molar-refractivity contribution in [2.24, 2.45) is 0 Å². The molecule has 0 unspecified atom stereocenters. The van der Waals surface area contributed by atoms with Crippen molar-refractivity contribution in [3.05, 3.63) is 37.1 Å². The molecule has 2 rings (SSSR count). The molecule has 0 aliphatic carbocycles. The molecule has 0 spiro atoms. The Labute approximate surface area is 135 Å². The predicted octanol–water partition coefficient (Wildman–Crippen LogP) is 3.16. The van der Waals surface area contributed by atoms with Crippen LogP contribution in [0.4, 0.5) is 0 Å². The van der Waals surface area contributed by atoms with Crippen molar-refractivity contribution in [2.45, 2.75) is 24.9 Å². The molecule has 8 heteroatoms. The maximum absolute atomic E-state index is 12.3. The summed E-state index contributed by atoms with van der Waals surface area (Å²) in [4.78, 5) is 2.19. The number of hydrogen-bond donors (Lipinski definition) is 2. The SMILES string of the molecule is CCNCc1sccc1S(=O)(=O)NCc1ccc(Br)s1. The van der Waals surface area contributed by atoms with Gasteiger partial charge in [0.05, 0.1) is 8.68 Å². The van der Waals surface area contributed by atoms with Gasteiger partial charge in [-0.3, -0.25) is 0 Å². The van der Waals surface area contributed by atoms with E-state index in [0.29, 0.717) is 18.0 Å². The van der Waals surface area contributed by atoms with Crippen molar-refractivity contribution in [3.8, 4) is 0 Å². The minimum absolute atomic E-state index is 0.315. The second kappa shape index (κ2) is 7.15. The van der Waals surface area contributed by atoms with Gasteiger partial charge in [-0.05, 0) is 46.1 Å². The van der Waals surface area contributed by atoms with Crippen LogP contribution < -0.4 is 10.0 Å². The summed E-state index contributed by atoms with van der Waals surface area (Å²) in [5, 5.41) is 4.96. The molecule has 0 bridgehead atoms. The summed E-state index contributed by atoms with van der Waals surface area (Å²) in [7, 11) is -3.46. The first-order chi connectivity index (χ1) is 9.53. The van der Waals surface area contributed by atoms with E-state index in [1.807, 2.05) is 24.4 Å². The zero-order valence-corrected chi connectivity index (χ0v) is 14.9. The Morgan fingerprint density at radius 2 is 2.05 bits per heavy atom. The lowest BCUT2D eigenvalue weighted by Crippen LogP contribution is -2.24. The minimum Gasteiger partial charge on any atom is -0.312 e. The van der Waals surface area contributed by atoms with E-state index in [-0.39, 0.29) is 0 Å². The van der Waals surface area contributed by atoms with Crippen LogP contribution in [-0.2, 0) is 23.1 Å². The molecule has 0 saturated carbocycles. The highest BCUT2D eigenvalue weighted by atomic mass is 79.9. The van der Waals surface area contributed by atoms with E-state index in [1.54, 1.807) is 6.07 Å². The molecule has 0 atom stereocenters. The molecular formula is C12H15BrN2O2S3. The predicted molar refractivity (Wildman–Crippen MR) is 87.7 cm³/mol. The Hall–Kier alpha value is -0.250. The van der Waals surface area contributed by atoms with Crippen molar-refractivity contribution in [1.82, 2.24) is 10.0 Å². The monoisotopic (exact) mass is 394 g/mol. The Morgan fingerprint density at radius 1 is 1.25 bits per heavy atom. The summed E-state index contributed by atoms with van der Waals surface area (Å²) in [5.41, 5.74) is 0. The van der Waals surface area contributed by atoms with Crippen LogP contribution in [0.15, 0.2) is 32.3 Å². The Kier molecular flexibility index (Phi) is 5.76. The van der Waals surface area contributed by atoms with Crippen molar-refractivity contribution in [1.29, 1.82) is 0 Å². The molecule has 2 aromatic heterocycles. The number of thiophene rings is 2. The zero-order valence-electron chi connectivity index (χ0n) is 10.8. The van der Waals surface area contributed by atoms with Crippen molar-refractivity contribution in [3.63, 3.8) is 0 Å². The number of hydrogen-bond acceptors (Lipinski definition) is 5. The average molecular weight is 395 g/mol. The van der Waals surface area contributed by atoms with Crippen LogP contribution in [0.5, 0.6) is 0 Å². The van der Waals surface area contributed by atoms with Gasteiger partial charge in [-0.25, -0.2) is 13.1 Å². The lowest BCUT2D eigenvalue weighted by atomic mass is 10.4. The van der Waals surface area contributed by atoms with E-state index in [0.717, 1.165) is 20.1 Å². The third kappa shape index (κ3) is 4.12. The fourth-order valence-electron chi connectivity index (χ4n) is 1.63. The summed E-state index contributed by atoms with van der Waals surface area (Å²) >= 11 is 6.35. The van der Waals surface area contributed by atoms with E-state index >= 15 is 0 Å². The quantitative estimate of drug-likeness (QED) is 0.757. The van der Waals surface area contributed by atoms with Gasteiger partial charge >= 0.3 is 0 Å². The lowest BCUT2D eigenvalue weighted by Gasteiger charge is -2.07. The van der Waals surface area contributed by atoms with Gasteiger partial charge in [0.15, 0.2) is 0 Å². The van der Waals surface area contributed by atoms with E-state index in [1.165, 1.54) is 22.7 Å². The largest absolute Gasteiger partial charge is 0.312 e. The molecule has 2 aromatic rings. The highest BCUT2D eigenvalue weighted by molar-refractivity contribution is 9.11. The highest BCUT2D eigenvalue weighted by Gasteiger charge is 2.19. The molecule has 0 radical (unpaired) electrons. The fraction of sp³-hybridized carbons (Fsp3) is 0.333. The van der Waals surface area contributed by atoms with Gasteiger partial charge in [0.2, 0.25) is 10.0 Å². The first-order valence-corrected chi connectivity index (χ1v) is 10.0. The summed E-state index contributed by atoms with van der Waals surface area (Å²) < 4.78 is 28.3. The molecule has 0 amide bonds. The first kappa shape index (κ1) is 16.1. The minimum atomic E-state index is -3.46. The molecule has 0 fully saturated rings. The van der Waals surface area contributed by atoms with Crippen LogP contribution in [0.2, 0.25) is 0 Å². The van der Waals surface area contributed by atoms with Gasteiger partial charge in [0.25, 0.3) is 0 Å². The van der Waals surface area contributed by atoms with Crippen LogP contribution in [0.1, 0.15) is 16.7 Å². The lowest BCUT2D eigenvalue weighted by molar-refractivity contribution is 0.580. The van der Waals surface area contributed by atoms with Gasteiger partial charge < -0.3 is 5.32 Å². The Balaban J connectivity index is 2.08. The summed E-state index contributed by atoms with van der Waals surface area (Å²) in [6.45, 7) is 3.70. The smallest absolute Gasteiger partial charge is 0.242 e. The molecule has 0 aliphatic rings. The van der Waals surface area contributed by atoms with Crippen molar-refractivity contribution < 1.29 is 8.42 Å². The van der Waals surface area contributed by atoms with E-state index < -0.39 is 10.0 Å². The molecule has 20 heavy (non-hydrogen) atoms. The van der Waals surface area contributed by atoms with Crippen LogP contribution in [0.3, 0.4) is 0 Å². The van der Waals surface area contributed by atoms with Crippen molar-refractivity contribution in [2.75, 3.05) is 6.54 Å². The molecule has 110 valence electrons. The van der Waals surface area contributed by atoms with Gasteiger partial charge in [0, 0.05) is 22.8 Å². The average Bonchev–Trinajstić information content (AvgIpc) is 3.03. The van der Waals surface area contributed by atoms with Gasteiger partial charge in [-0.1, -0.05) is 6.92 Å². The molecule has 2 heterocycles. The molecular weight excluding hydrogens is 380 g/mol. The highest BCUT2D eigenvalue weighted by Crippen LogP contribution is 2.24. The Bertz CT molecular complexity index is 664. The second-order valence-corrected chi connectivity index (χ2v) is 9.30. The van der Waals surface area contributed by atoms with Gasteiger partial charge in [-0.2, -0.15) is 0 Å². The summed E-state index contributed by atoms with van der Waals surface area (Å²) in [6.07, 6.45) is 0. The van der Waals surface area contributed by atoms with Crippen LogP contribution in [-0.4, -0.2) is 15.0 Å². The van der Waals surface area contributed by atoms with E-state index in [9.17, 15) is 8.42 Å². The number of nitrogens with one attached hydrogen (secondary N) is 2. The topological polar surface area (TPSA) is 58.2 Å².